The maximum absolute atomic E-state index is 12.4. The second kappa shape index (κ2) is 8.07. The van der Waals surface area contributed by atoms with Crippen LogP contribution in [0.1, 0.15) is 28.8 Å². The molecule has 3 N–H and O–H groups in total. The van der Waals surface area contributed by atoms with E-state index < -0.39 is 0 Å². The van der Waals surface area contributed by atoms with Gasteiger partial charge in [-0.25, -0.2) is 9.97 Å². The van der Waals surface area contributed by atoms with Gasteiger partial charge in [-0.05, 0) is 59.9 Å². The molecular weight excluding hydrogens is 388 g/mol. The number of hydrogen-bond donors (Lipinski definition) is 3. The number of phenolic OH excluding ortho intramolecular Hbond substituents is 1. The fraction of sp³-hybridized carbons (Fsp3) is 0.160. The molecular formula is C25H22N4O2. The van der Waals surface area contributed by atoms with Crippen LogP contribution in [0.5, 0.6) is 5.75 Å². The van der Waals surface area contributed by atoms with Crippen LogP contribution in [-0.2, 0) is 6.54 Å². The standard InChI is InChI=1S/C25H22N4O2/c30-23-7-2-1-6-20(23)25(31)26-14-16-4-3-5-17(12-16)18-8-11-22-21(13-18)24(28-15-27-22)29-19-9-10-19/h1-8,11-13,15,19,30H,9-10,14H2,(H,26,31)(H,27,28,29). The maximum Gasteiger partial charge on any atom is 0.255 e. The summed E-state index contributed by atoms with van der Waals surface area (Å²) < 4.78 is 0. The number of aromatic nitrogens is 2. The topological polar surface area (TPSA) is 87.1 Å². The molecule has 1 fully saturated rings. The van der Waals surface area contributed by atoms with Crippen LogP contribution < -0.4 is 10.6 Å². The molecule has 1 aliphatic rings. The molecule has 0 bridgehead atoms. The molecule has 6 heteroatoms. The summed E-state index contributed by atoms with van der Waals surface area (Å²) in [5.41, 5.74) is 4.27. The summed E-state index contributed by atoms with van der Waals surface area (Å²) >= 11 is 0. The molecule has 1 saturated carbocycles. The lowest BCUT2D eigenvalue weighted by Crippen LogP contribution is -2.22. The van der Waals surface area contributed by atoms with E-state index in [4.69, 9.17) is 0 Å². The Labute approximate surface area is 180 Å². The number of anilines is 1. The highest BCUT2D eigenvalue weighted by atomic mass is 16.3. The normalized spacial score (nSPS) is 13.2. The SMILES string of the molecule is O=C(NCc1cccc(-c2ccc3ncnc(NC4CC4)c3c2)c1)c1ccccc1O. The van der Waals surface area contributed by atoms with Gasteiger partial charge in [0.1, 0.15) is 17.9 Å². The Hall–Kier alpha value is -3.93. The third kappa shape index (κ3) is 4.19. The average molecular weight is 410 g/mol. The second-order valence-electron chi connectivity index (χ2n) is 7.77. The summed E-state index contributed by atoms with van der Waals surface area (Å²) in [5, 5.41) is 17.2. The fourth-order valence-electron chi connectivity index (χ4n) is 3.58. The zero-order chi connectivity index (χ0) is 21.2. The van der Waals surface area contributed by atoms with E-state index >= 15 is 0 Å². The highest BCUT2D eigenvalue weighted by Gasteiger charge is 2.22. The number of carbonyl (C=O) groups is 1. The average Bonchev–Trinajstić information content (AvgIpc) is 3.62. The molecule has 4 aromatic rings. The number of carbonyl (C=O) groups excluding carboxylic acids is 1. The van der Waals surface area contributed by atoms with Crippen molar-refractivity contribution in [3.63, 3.8) is 0 Å². The van der Waals surface area contributed by atoms with E-state index in [9.17, 15) is 9.90 Å². The van der Waals surface area contributed by atoms with Gasteiger partial charge in [0.25, 0.3) is 5.91 Å². The molecule has 154 valence electrons. The van der Waals surface area contributed by atoms with Gasteiger partial charge < -0.3 is 15.7 Å². The molecule has 1 amide bonds. The minimum atomic E-state index is -0.304. The number of nitrogens with zero attached hydrogens (tertiary/aromatic N) is 2. The summed E-state index contributed by atoms with van der Waals surface area (Å²) in [6.07, 6.45) is 3.96. The van der Waals surface area contributed by atoms with E-state index in [0.717, 1.165) is 33.4 Å². The van der Waals surface area contributed by atoms with Crippen LogP contribution in [-0.4, -0.2) is 27.0 Å². The number of amides is 1. The summed E-state index contributed by atoms with van der Waals surface area (Å²) in [7, 11) is 0. The number of benzene rings is 3. The largest absolute Gasteiger partial charge is 0.507 e. The van der Waals surface area contributed by atoms with Gasteiger partial charge in [0, 0.05) is 18.0 Å². The first kappa shape index (κ1) is 19.1. The number of aromatic hydroxyl groups is 1. The van der Waals surface area contributed by atoms with E-state index in [-0.39, 0.29) is 17.2 Å². The lowest BCUT2D eigenvalue weighted by atomic mass is 10.0. The molecule has 5 rings (SSSR count). The molecule has 0 spiro atoms. The number of fused-ring (bicyclic) bond motifs is 1. The Balaban J connectivity index is 1.38. The fourth-order valence-corrected chi connectivity index (χ4v) is 3.58. The lowest BCUT2D eigenvalue weighted by Gasteiger charge is -2.11. The van der Waals surface area contributed by atoms with Gasteiger partial charge in [0.2, 0.25) is 0 Å². The van der Waals surface area contributed by atoms with Crippen molar-refractivity contribution in [3.05, 3.63) is 84.2 Å². The lowest BCUT2D eigenvalue weighted by molar-refractivity contribution is 0.0948. The van der Waals surface area contributed by atoms with Crippen LogP contribution in [0.15, 0.2) is 73.1 Å². The third-order valence-electron chi connectivity index (χ3n) is 5.42. The van der Waals surface area contributed by atoms with Crippen molar-refractivity contribution < 1.29 is 9.90 Å². The molecule has 0 aliphatic heterocycles. The van der Waals surface area contributed by atoms with E-state index in [2.05, 4.69) is 38.8 Å². The Morgan fingerprint density at radius 3 is 2.65 bits per heavy atom. The third-order valence-corrected chi connectivity index (χ3v) is 5.42. The van der Waals surface area contributed by atoms with Crippen LogP contribution in [0.2, 0.25) is 0 Å². The summed E-state index contributed by atoms with van der Waals surface area (Å²) in [6, 6.07) is 21.3. The Morgan fingerprint density at radius 1 is 0.968 bits per heavy atom. The highest BCUT2D eigenvalue weighted by molar-refractivity contribution is 5.96. The predicted molar refractivity (Wildman–Crippen MR) is 121 cm³/mol. The van der Waals surface area contributed by atoms with Crippen molar-refractivity contribution in [2.45, 2.75) is 25.4 Å². The number of nitrogens with one attached hydrogen (secondary N) is 2. The maximum atomic E-state index is 12.4. The van der Waals surface area contributed by atoms with Crippen molar-refractivity contribution in [2.24, 2.45) is 0 Å². The molecule has 0 atom stereocenters. The van der Waals surface area contributed by atoms with E-state index in [1.807, 2.05) is 24.3 Å². The first-order valence-electron chi connectivity index (χ1n) is 10.3. The number of para-hydroxylation sites is 1. The van der Waals surface area contributed by atoms with Crippen molar-refractivity contribution in [1.29, 1.82) is 0 Å². The van der Waals surface area contributed by atoms with Crippen molar-refractivity contribution >= 4 is 22.6 Å². The smallest absolute Gasteiger partial charge is 0.255 e. The van der Waals surface area contributed by atoms with Gasteiger partial charge in [0.05, 0.1) is 11.1 Å². The van der Waals surface area contributed by atoms with Gasteiger partial charge in [0.15, 0.2) is 0 Å². The van der Waals surface area contributed by atoms with Gasteiger partial charge in [-0.15, -0.1) is 0 Å². The molecule has 3 aromatic carbocycles. The van der Waals surface area contributed by atoms with Crippen molar-refractivity contribution in [1.82, 2.24) is 15.3 Å². The second-order valence-corrected chi connectivity index (χ2v) is 7.77. The summed E-state index contributed by atoms with van der Waals surface area (Å²) in [6.45, 7) is 0.367. The first-order chi connectivity index (χ1) is 15.2. The van der Waals surface area contributed by atoms with Crippen LogP contribution in [0.4, 0.5) is 5.82 Å². The number of phenols is 1. The molecule has 0 unspecified atom stereocenters. The number of hydrogen-bond acceptors (Lipinski definition) is 5. The summed E-state index contributed by atoms with van der Waals surface area (Å²) in [5.74, 6) is 0.547. The Bertz CT molecular complexity index is 1270. The first-order valence-corrected chi connectivity index (χ1v) is 10.3. The molecule has 0 saturated heterocycles. The zero-order valence-electron chi connectivity index (χ0n) is 16.9. The van der Waals surface area contributed by atoms with Crippen molar-refractivity contribution in [2.75, 3.05) is 5.32 Å². The van der Waals surface area contributed by atoms with E-state index in [1.54, 1.807) is 24.5 Å². The highest BCUT2D eigenvalue weighted by Crippen LogP contribution is 2.30. The minimum absolute atomic E-state index is 0.0252. The van der Waals surface area contributed by atoms with Gasteiger partial charge >= 0.3 is 0 Å². The van der Waals surface area contributed by atoms with Crippen LogP contribution in [0.3, 0.4) is 0 Å². The molecule has 6 nitrogen and oxygen atoms in total. The molecule has 1 aromatic heterocycles. The van der Waals surface area contributed by atoms with Gasteiger partial charge in [-0.3, -0.25) is 4.79 Å². The Morgan fingerprint density at radius 2 is 1.81 bits per heavy atom. The zero-order valence-corrected chi connectivity index (χ0v) is 16.9. The quantitative estimate of drug-likeness (QED) is 0.435. The Kier molecular flexibility index (Phi) is 4.96. The van der Waals surface area contributed by atoms with Gasteiger partial charge in [-0.1, -0.05) is 36.4 Å². The van der Waals surface area contributed by atoms with E-state index in [1.165, 1.54) is 18.9 Å². The van der Waals surface area contributed by atoms with Gasteiger partial charge in [-0.2, -0.15) is 0 Å². The van der Waals surface area contributed by atoms with Crippen molar-refractivity contribution in [3.8, 4) is 16.9 Å². The van der Waals surface area contributed by atoms with Crippen LogP contribution in [0, 0.1) is 0 Å². The molecule has 1 heterocycles. The monoisotopic (exact) mass is 410 g/mol. The predicted octanol–water partition coefficient (Wildman–Crippen LogP) is 4.51. The molecule has 31 heavy (non-hydrogen) atoms. The summed E-state index contributed by atoms with van der Waals surface area (Å²) in [4.78, 5) is 21.2. The van der Waals surface area contributed by atoms with Crippen LogP contribution >= 0.6 is 0 Å². The number of rotatable bonds is 6. The van der Waals surface area contributed by atoms with E-state index in [0.29, 0.717) is 12.6 Å². The van der Waals surface area contributed by atoms with Crippen LogP contribution in [0.25, 0.3) is 22.0 Å². The minimum Gasteiger partial charge on any atom is -0.507 e. The molecule has 1 aliphatic carbocycles. The molecule has 0 radical (unpaired) electrons.